The molecule has 0 aromatic heterocycles. The fraction of sp³-hybridized carbons (Fsp3) is 0.652. The van der Waals surface area contributed by atoms with E-state index in [1.54, 1.807) is 0 Å². The molecule has 3 amide bonds. The number of urea groups is 1. The Balaban J connectivity index is 1.25. The molecule has 3 aliphatic rings. The zero-order valence-corrected chi connectivity index (χ0v) is 17.6. The van der Waals surface area contributed by atoms with Crippen LogP contribution in [0.1, 0.15) is 38.2 Å². The van der Waals surface area contributed by atoms with Crippen molar-refractivity contribution in [3.05, 3.63) is 35.9 Å². The van der Waals surface area contributed by atoms with Crippen LogP contribution in [0.4, 0.5) is 4.79 Å². The van der Waals surface area contributed by atoms with Crippen LogP contribution in [-0.4, -0.2) is 83.4 Å². The number of likely N-dealkylation sites (tertiary alicyclic amines) is 2. The Morgan fingerprint density at radius 1 is 0.897 bits per heavy atom. The number of hydrogen-bond acceptors (Lipinski definition) is 3. The summed E-state index contributed by atoms with van der Waals surface area (Å²) in [5.74, 6) is 0.367. The van der Waals surface area contributed by atoms with Crippen molar-refractivity contribution < 1.29 is 9.59 Å². The van der Waals surface area contributed by atoms with Gasteiger partial charge in [0, 0.05) is 64.3 Å². The first kappa shape index (κ1) is 20.2. The maximum atomic E-state index is 13.2. The van der Waals surface area contributed by atoms with Gasteiger partial charge < -0.3 is 14.7 Å². The van der Waals surface area contributed by atoms with Crippen molar-refractivity contribution in [3.8, 4) is 0 Å². The van der Waals surface area contributed by atoms with Gasteiger partial charge in [-0.2, -0.15) is 0 Å². The van der Waals surface area contributed by atoms with Crippen molar-refractivity contribution in [2.75, 3.05) is 45.8 Å². The minimum atomic E-state index is 0.0701. The normalized spacial score (nSPS) is 24.2. The van der Waals surface area contributed by atoms with Crippen molar-refractivity contribution in [3.63, 3.8) is 0 Å². The fourth-order valence-corrected chi connectivity index (χ4v) is 5.01. The van der Waals surface area contributed by atoms with Gasteiger partial charge in [0.1, 0.15) is 0 Å². The van der Waals surface area contributed by atoms with Crippen molar-refractivity contribution >= 4 is 11.9 Å². The number of piperidine rings is 1. The predicted octanol–water partition coefficient (Wildman–Crippen LogP) is 2.65. The summed E-state index contributed by atoms with van der Waals surface area (Å²) in [6.07, 6.45) is 3.84. The highest BCUT2D eigenvalue weighted by Crippen LogP contribution is 2.24. The van der Waals surface area contributed by atoms with Crippen LogP contribution in [0.3, 0.4) is 0 Å². The van der Waals surface area contributed by atoms with Gasteiger partial charge in [0.2, 0.25) is 5.91 Å². The molecule has 6 heteroatoms. The molecule has 0 aliphatic carbocycles. The maximum absolute atomic E-state index is 13.2. The summed E-state index contributed by atoms with van der Waals surface area (Å²) < 4.78 is 0. The largest absolute Gasteiger partial charge is 0.337 e. The lowest BCUT2D eigenvalue weighted by atomic mass is 9.94. The van der Waals surface area contributed by atoms with Gasteiger partial charge in [0.15, 0.2) is 0 Å². The summed E-state index contributed by atoms with van der Waals surface area (Å²) in [5, 5.41) is 0. The molecule has 0 N–H and O–H groups in total. The topological polar surface area (TPSA) is 47.1 Å². The van der Waals surface area contributed by atoms with Gasteiger partial charge in [-0.3, -0.25) is 9.69 Å². The number of hydrogen-bond donors (Lipinski definition) is 0. The molecule has 3 heterocycles. The minimum Gasteiger partial charge on any atom is -0.337 e. The average molecular weight is 399 g/mol. The van der Waals surface area contributed by atoms with Crippen molar-refractivity contribution in [2.24, 2.45) is 5.92 Å². The minimum absolute atomic E-state index is 0.0701. The van der Waals surface area contributed by atoms with E-state index >= 15 is 0 Å². The highest BCUT2D eigenvalue weighted by Gasteiger charge is 2.35. The average Bonchev–Trinajstić information content (AvgIpc) is 3.29. The molecule has 1 aromatic carbocycles. The SMILES string of the molecule is CC1CN(Cc2ccccc2)CCN1C(=O)C1CCN(C(=O)N2CCCC2)CC1. The van der Waals surface area contributed by atoms with E-state index in [1.165, 1.54) is 5.56 Å². The first-order valence-corrected chi connectivity index (χ1v) is 11.2. The van der Waals surface area contributed by atoms with Crippen LogP contribution in [0.5, 0.6) is 0 Å². The van der Waals surface area contributed by atoms with E-state index in [9.17, 15) is 9.59 Å². The van der Waals surface area contributed by atoms with Crippen LogP contribution in [0, 0.1) is 5.92 Å². The summed E-state index contributed by atoms with van der Waals surface area (Å²) in [7, 11) is 0. The lowest BCUT2D eigenvalue weighted by molar-refractivity contribution is -0.141. The van der Waals surface area contributed by atoms with Crippen LogP contribution in [0.2, 0.25) is 0 Å². The van der Waals surface area contributed by atoms with E-state index in [2.05, 4.69) is 41.0 Å². The second kappa shape index (κ2) is 9.16. The maximum Gasteiger partial charge on any atom is 0.319 e. The van der Waals surface area contributed by atoms with Crippen LogP contribution in [0.15, 0.2) is 30.3 Å². The Labute approximate surface area is 174 Å². The first-order valence-electron chi connectivity index (χ1n) is 11.2. The quantitative estimate of drug-likeness (QED) is 0.786. The molecule has 6 nitrogen and oxygen atoms in total. The summed E-state index contributed by atoms with van der Waals surface area (Å²) >= 11 is 0. The summed E-state index contributed by atoms with van der Waals surface area (Å²) in [4.78, 5) is 34.2. The Hall–Kier alpha value is -2.08. The number of carbonyl (C=O) groups is 2. The summed E-state index contributed by atoms with van der Waals surface area (Å²) in [6, 6.07) is 11.0. The van der Waals surface area contributed by atoms with Crippen LogP contribution < -0.4 is 0 Å². The molecule has 29 heavy (non-hydrogen) atoms. The van der Waals surface area contributed by atoms with Crippen LogP contribution >= 0.6 is 0 Å². The fourth-order valence-electron chi connectivity index (χ4n) is 5.01. The Bertz CT molecular complexity index is 696. The van der Waals surface area contributed by atoms with Gasteiger partial charge in [-0.25, -0.2) is 4.79 Å². The molecule has 158 valence electrons. The van der Waals surface area contributed by atoms with E-state index in [-0.39, 0.29) is 18.0 Å². The van der Waals surface area contributed by atoms with Crippen molar-refractivity contribution in [1.29, 1.82) is 0 Å². The molecule has 3 saturated heterocycles. The standard InChI is InChI=1S/C23H34N4O2/c1-19-17-24(18-20-7-3-2-4-8-20)15-16-27(19)22(28)21-9-13-26(14-10-21)23(29)25-11-5-6-12-25/h2-4,7-8,19,21H,5-6,9-18H2,1H3. The van der Waals surface area contributed by atoms with Crippen molar-refractivity contribution in [2.45, 2.75) is 45.2 Å². The first-order chi connectivity index (χ1) is 14.1. The molecule has 3 fully saturated rings. The molecule has 3 aliphatic heterocycles. The molecule has 1 unspecified atom stereocenters. The second-order valence-electron chi connectivity index (χ2n) is 8.84. The summed E-state index contributed by atoms with van der Waals surface area (Å²) in [5.41, 5.74) is 1.33. The third-order valence-corrected chi connectivity index (χ3v) is 6.73. The number of carbonyl (C=O) groups excluding carboxylic acids is 2. The number of amides is 3. The summed E-state index contributed by atoms with van der Waals surface area (Å²) in [6.45, 7) is 8.99. The van der Waals surface area contributed by atoms with E-state index in [1.807, 2.05) is 15.9 Å². The Kier molecular flexibility index (Phi) is 6.38. The van der Waals surface area contributed by atoms with Crippen molar-refractivity contribution in [1.82, 2.24) is 19.6 Å². The molecule has 0 spiro atoms. The van der Waals surface area contributed by atoms with Gasteiger partial charge in [0.25, 0.3) is 0 Å². The molecule has 1 atom stereocenters. The van der Waals surface area contributed by atoms with Gasteiger partial charge in [-0.1, -0.05) is 30.3 Å². The van der Waals surface area contributed by atoms with Gasteiger partial charge in [-0.15, -0.1) is 0 Å². The van der Waals surface area contributed by atoms with E-state index in [4.69, 9.17) is 0 Å². The highest BCUT2D eigenvalue weighted by molar-refractivity contribution is 5.80. The molecular formula is C23H34N4O2. The van der Waals surface area contributed by atoms with Crippen LogP contribution in [0.25, 0.3) is 0 Å². The third kappa shape index (κ3) is 4.74. The Morgan fingerprint density at radius 2 is 1.55 bits per heavy atom. The van der Waals surface area contributed by atoms with Gasteiger partial charge in [-0.05, 0) is 38.2 Å². The predicted molar refractivity (Wildman–Crippen MR) is 113 cm³/mol. The molecule has 1 aromatic rings. The lowest BCUT2D eigenvalue weighted by Gasteiger charge is -2.42. The zero-order chi connectivity index (χ0) is 20.2. The molecule has 4 rings (SSSR count). The molecular weight excluding hydrogens is 364 g/mol. The van der Waals surface area contributed by atoms with Gasteiger partial charge in [0.05, 0.1) is 0 Å². The van der Waals surface area contributed by atoms with Gasteiger partial charge >= 0.3 is 6.03 Å². The van der Waals surface area contributed by atoms with E-state index in [0.717, 1.165) is 65.0 Å². The smallest absolute Gasteiger partial charge is 0.319 e. The molecule has 0 saturated carbocycles. The Morgan fingerprint density at radius 3 is 2.21 bits per heavy atom. The molecule has 0 bridgehead atoms. The van der Waals surface area contributed by atoms with E-state index in [0.29, 0.717) is 19.0 Å². The second-order valence-corrected chi connectivity index (χ2v) is 8.84. The monoisotopic (exact) mass is 398 g/mol. The number of rotatable bonds is 3. The van der Waals surface area contributed by atoms with Crippen LogP contribution in [-0.2, 0) is 11.3 Å². The zero-order valence-electron chi connectivity index (χ0n) is 17.6. The van der Waals surface area contributed by atoms with E-state index < -0.39 is 0 Å². The number of piperazine rings is 1. The molecule has 0 radical (unpaired) electrons. The third-order valence-electron chi connectivity index (χ3n) is 6.73. The number of benzene rings is 1. The highest BCUT2D eigenvalue weighted by atomic mass is 16.2. The lowest BCUT2D eigenvalue weighted by Crippen LogP contribution is -2.56. The number of nitrogens with zero attached hydrogens (tertiary/aromatic N) is 4.